The van der Waals surface area contributed by atoms with Gasteiger partial charge in [0.05, 0.1) is 20.3 Å². The van der Waals surface area contributed by atoms with E-state index in [2.05, 4.69) is 0 Å². The molecule has 1 heterocycles. The number of benzene rings is 3. The van der Waals surface area contributed by atoms with Gasteiger partial charge >= 0.3 is 0 Å². The van der Waals surface area contributed by atoms with E-state index in [0.717, 1.165) is 0 Å². The summed E-state index contributed by atoms with van der Waals surface area (Å²) in [6.07, 6.45) is 3.38. The van der Waals surface area contributed by atoms with E-state index in [1.807, 2.05) is 19.1 Å². The monoisotopic (exact) mass is 440 g/mol. The molecule has 0 spiro atoms. The molecule has 0 unspecified atom stereocenters. The Morgan fingerprint density at radius 2 is 1.47 bits per heavy atom. The molecular formula is C26H23F3O3. The fourth-order valence-corrected chi connectivity index (χ4v) is 3.75. The van der Waals surface area contributed by atoms with Crippen LogP contribution in [0.5, 0.6) is 5.75 Å². The highest BCUT2D eigenvalue weighted by molar-refractivity contribution is 5.71. The van der Waals surface area contributed by atoms with Crippen molar-refractivity contribution in [1.29, 1.82) is 0 Å². The Morgan fingerprint density at radius 1 is 0.844 bits per heavy atom. The zero-order valence-electron chi connectivity index (χ0n) is 17.8. The van der Waals surface area contributed by atoms with Crippen LogP contribution in [0.15, 0.2) is 66.7 Å². The highest BCUT2D eigenvalue weighted by atomic mass is 19.2. The van der Waals surface area contributed by atoms with E-state index in [-0.39, 0.29) is 17.2 Å². The zero-order valence-corrected chi connectivity index (χ0v) is 17.8. The third kappa shape index (κ3) is 4.42. The van der Waals surface area contributed by atoms with Crippen LogP contribution in [0.1, 0.15) is 18.8 Å². The van der Waals surface area contributed by atoms with E-state index in [9.17, 15) is 13.2 Å². The minimum Gasteiger partial charge on any atom is -0.494 e. The summed E-state index contributed by atoms with van der Waals surface area (Å²) in [5.74, 6) is -2.41. The molecule has 32 heavy (non-hydrogen) atoms. The maximum atomic E-state index is 14.9. The molecule has 0 amide bonds. The molecular weight excluding hydrogens is 417 g/mol. The van der Waals surface area contributed by atoms with Gasteiger partial charge in [-0.05, 0) is 36.2 Å². The third-order valence-corrected chi connectivity index (χ3v) is 5.43. The number of hydrogen-bond donors (Lipinski definition) is 0. The van der Waals surface area contributed by atoms with Gasteiger partial charge < -0.3 is 14.2 Å². The van der Waals surface area contributed by atoms with Gasteiger partial charge in [0.2, 0.25) is 5.82 Å². The maximum absolute atomic E-state index is 14.9. The fraction of sp³-hybridized carbons (Fsp3) is 0.231. The van der Waals surface area contributed by atoms with Gasteiger partial charge in [-0.3, -0.25) is 0 Å². The molecule has 0 aliphatic carbocycles. The zero-order chi connectivity index (χ0) is 22.7. The Hall–Kier alpha value is -3.09. The van der Waals surface area contributed by atoms with Crippen LogP contribution in [0.3, 0.4) is 0 Å². The number of methoxy groups -OCH3 is 1. The quantitative estimate of drug-likeness (QED) is 0.414. The first-order valence-corrected chi connectivity index (χ1v) is 10.3. The van der Waals surface area contributed by atoms with Gasteiger partial charge in [-0.25, -0.2) is 8.78 Å². The Morgan fingerprint density at radius 3 is 2.06 bits per heavy atom. The van der Waals surface area contributed by atoms with Crippen LogP contribution in [0, 0.1) is 23.4 Å². The van der Waals surface area contributed by atoms with Crippen LogP contribution in [0.2, 0.25) is 0 Å². The highest BCUT2D eigenvalue weighted by Crippen LogP contribution is 2.33. The molecule has 0 N–H and O–H groups in total. The summed E-state index contributed by atoms with van der Waals surface area (Å²) in [4.78, 5) is 0. The fourth-order valence-electron chi connectivity index (χ4n) is 3.75. The first kappa shape index (κ1) is 22.1. The first-order chi connectivity index (χ1) is 15.5. The smallest absolute Gasteiger partial charge is 0.201 e. The topological polar surface area (TPSA) is 27.7 Å². The summed E-state index contributed by atoms with van der Waals surface area (Å²) in [6, 6.07) is 14.3. The Labute approximate surface area is 185 Å². The summed E-state index contributed by atoms with van der Waals surface area (Å²) in [7, 11) is 1.28. The van der Waals surface area contributed by atoms with Crippen molar-refractivity contribution in [3.8, 4) is 28.0 Å². The van der Waals surface area contributed by atoms with Crippen LogP contribution in [-0.4, -0.2) is 20.3 Å². The number of hydrogen-bond acceptors (Lipinski definition) is 3. The van der Waals surface area contributed by atoms with Gasteiger partial charge in [0.25, 0.3) is 0 Å². The van der Waals surface area contributed by atoms with Crippen molar-refractivity contribution in [2.24, 2.45) is 5.92 Å². The normalized spacial score (nSPS) is 18.8. The van der Waals surface area contributed by atoms with Crippen LogP contribution in [0.25, 0.3) is 22.3 Å². The molecule has 1 aliphatic rings. The van der Waals surface area contributed by atoms with Crippen molar-refractivity contribution < 1.29 is 27.4 Å². The lowest BCUT2D eigenvalue weighted by atomic mass is 9.98. The predicted octanol–water partition coefficient (Wildman–Crippen LogP) is 6.68. The number of rotatable bonds is 5. The minimum absolute atomic E-state index is 0.105. The van der Waals surface area contributed by atoms with Crippen molar-refractivity contribution in [2.45, 2.75) is 13.2 Å². The van der Waals surface area contributed by atoms with E-state index >= 15 is 0 Å². The Kier molecular flexibility index (Phi) is 6.63. The molecule has 0 aromatic heterocycles. The summed E-state index contributed by atoms with van der Waals surface area (Å²) >= 11 is 0. The third-order valence-electron chi connectivity index (χ3n) is 5.43. The Bertz CT molecular complexity index is 1120. The first-order valence-electron chi connectivity index (χ1n) is 10.3. The standard InChI is InChI=1S/C26H23F3O3/c1-3-4-16-14-31-26(32-15-16)19-9-10-20(22(27)13-19)17-5-7-18(8-6-17)21-11-12-23(30-2)25(29)24(21)28/h3-13,16,26H,14-15H2,1-2H3. The lowest BCUT2D eigenvalue weighted by Crippen LogP contribution is -2.25. The lowest BCUT2D eigenvalue weighted by molar-refractivity contribution is -0.197. The summed E-state index contributed by atoms with van der Waals surface area (Å²) in [5, 5.41) is 0. The molecule has 1 saturated heterocycles. The molecule has 1 fully saturated rings. The lowest BCUT2D eigenvalue weighted by Gasteiger charge is -2.28. The van der Waals surface area contributed by atoms with Crippen molar-refractivity contribution in [1.82, 2.24) is 0 Å². The second-order valence-corrected chi connectivity index (χ2v) is 7.54. The number of allylic oxidation sites excluding steroid dienone is 1. The summed E-state index contributed by atoms with van der Waals surface area (Å²) in [5.41, 5.74) is 2.20. The van der Waals surface area contributed by atoms with Gasteiger partial charge in [0.15, 0.2) is 17.9 Å². The number of halogens is 3. The van der Waals surface area contributed by atoms with Crippen LogP contribution in [0.4, 0.5) is 13.2 Å². The highest BCUT2D eigenvalue weighted by Gasteiger charge is 2.23. The molecule has 0 radical (unpaired) electrons. The summed E-state index contributed by atoms with van der Waals surface area (Å²) < 4.78 is 59.5. The molecule has 3 nitrogen and oxygen atoms in total. The predicted molar refractivity (Wildman–Crippen MR) is 117 cm³/mol. The van der Waals surface area contributed by atoms with Crippen LogP contribution in [-0.2, 0) is 9.47 Å². The maximum Gasteiger partial charge on any atom is 0.201 e. The molecule has 3 aromatic rings. The second kappa shape index (κ2) is 9.59. The SMILES string of the molecule is CC=CC1COC(c2ccc(-c3ccc(-c4ccc(OC)c(F)c4F)cc3)c(F)c2)OC1. The number of ether oxygens (including phenoxy) is 3. The average molecular weight is 440 g/mol. The average Bonchev–Trinajstić information content (AvgIpc) is 2.82. The van der Waals surface area contributed by atoms with Gasteiger partial charge in [0, 0.05) is 22.6 Å². The van der Waals surface area contributed by atoms with Crippen molar-refractivity contribution in [2.75, 3.05) is 20.3 Å². The van der Waals surface area contributed by atoms with Crippen LogP contribution >= 0.6 is 0 Å². The molecule has 1 aliphatic heterocycles. The molecule has 4 rings (SSSR count). The second-order valence-electron chi connectivity index (χ2n) is 7.54. The Balaban J connectivity index is 1.53. The van der Waals surface area contributed by atoms with Crippen molar-refractivity contribution in [3.63, 3.8) is 0 Å². The molecule has 6 heteroatoms. The van der Waals surface area contributed by atoms with Crippen molar-refractivity contribution in [3.05, 3.63) is 89.8 Å². The van der Waals surface area contributed by atoms with Gasteiger partial charge in [0.1, 0.15) is 5.82 Å². The molecule has 0 saturated carbocycles. The van der Waals surface area contributed by atoms with E-state index < -0.39 is 23.7 Å². The summed E-state index contributed by atoms with van der Waals surface area (Å²) in [6.45, 7) is 2.98. The van der Waals surface area contributed by atoms with E-state index in [0.29, 0.717) is 35.5 Å². The van der Waals surface area contributed by atoms with Gasteiger partial charge in [-0.15, -0.1) is 0 Å². The van der Waals surface area contributed by atoms with Gasteiger partial charge in [-0.1, -0.05) is 48.6 Å². The molecule has 166 valence electrons. The molecule has 3 aromatic carbocycles. The largest absolute Gasteiger partial charge is 0.494 e. The van der Waals surface area contributed by atoms with E-state index in [1.165, 1.54) is 25.3 Å². The van der Waals surface area contributed by atoms with E-state index in [4.69, 9.17) is 14.2 Å². The minimum atomic E-state index is -1.04. The van der Waals surface area contributed by atoms with E-state index in [1.54, 1.807) is 36.4 Å². The molecule has 0 atom stereocenters. The van der Waals surface area contributed by atoms with Crippen LogP contribution < -0.4 is 4.74 Å². The molecule has 0 bridgehead atoms. The van der Waals surface area contributed by atoms with Gasteiger partial charge in [-0.2, -0.15) is 4.39 Å². The van der Waals surface area contributed by atoms with Crippen molar-refractivity contribution >= 4 is 0 Å².